The van der Waals surface area contributed by atoms with Crippen LogP contribution in [-0.4, -0.2) is 55.1 Å². The lowest BCUT2D eigenvalue weighted by Gasteiger charge is -2.36. The van der Waals surface area contributed by atoms with Gasteiger partial charge in [0, 0.05) is 37.3 Å². The van der Waals surface area contributed by atoms with E-state index < -0.39 is 0 Å². The fourth-order valence-corrected chi connectivity index (χ4v) is 3.66. The molecule has 3 aromatic rings. The molecule has 1 aliphatic rings. The molecule has 2 aromatic carbocycles. The van der Waals surface area contributed by atoms with E-state index in [9.17, 15) is 4.79 Å². The topological polar surface area (TPSA) is 59.8 Å². The Bertz CT molecular complexity index is 1010. The highest BCUT2D eigenvalue weighted by Gasteiger charge is 2.19. The third-order valence-electron chi connectivity index (χ3n) is 5.19. The molecule has 1 aromatic heterocycles. The van der Waals surface area contributed by atoms with Gasteiger partial charge in [-0.1, -0.05) is 18.2 Å². The summed E-state index contributed by atoms with van der Waals surface area (Å²) in [5.74, 6) is 0.997. The van der Waals surface area contributed by atoms with Crippen molar-refractivity contribution in [1.82, 2.24) is 14.7 Å². The van der Waals surface area contributed by atoms with Gasteiger partial charge in [-0.2, -0.15) is 5.10 Å². The molecular weight excluding hydrogens is 356 g/mol. The van der Waals surface area contributed by atoms with Gasteiger partial charge in [-0.25, -0.2) is 4.68 Å². The number of methoxy groups -OCH3 is 2. The minimum atomic E-state index is -0.168. The van der Waals surface area contributed by atoms with Gasteiger partial charge < -0.3 is 14.4 Å². The molecule has 7 nitrogen and oxygen atoms in total. The molecule has 0 spiro atoms. The normalized spacial score (nSPS) is 15.0. The van der Waals surface area contributed by atoms with E-state index in [4.69, 9.17) is 9.47 Å². The van der Waals surface area contributed by atoms with Crippen molar-refractivity contribution >= 4 is 16.5 Å². The maximum Gasteiger partial charge on any atom is 0.279 e. The molecule has 0 atom stereocenters. The Kier molecular flexibility index (Phi) is 5.16. The highest BCUT2D eigenvalue weighted by molar-refractivity contribution is 5.89. The number of fused-ring (bicyclic) bond motifs is 1. The second-order valence-electron chi connectivity index (χ2n) is 6.80. The molecule has 7 heteroatoms. The van der Waals surface area contributed by atoms with E-state index in [-0.39, 0.29) is 5.56 Å². The van der Waals surface area contributed by atoms with Crippen LogP contribution in [0.4, 0.5) is 5.69 Å². The summed E-state index contributed by atoms with van der Waals surface area (Å²) in [6.45, 7) is 4.04. The summed E-state index contributed by atoms with van der Waals surface area (Å²) in [4.78, 5) is 17.7. The first kappa shape index (κ1) is 18.3. The Hall–Kier alpha value is -3.06. The molecule has 4 rings (SSSR count). The zero-order valence-electron chi connectivity index (χ0n) is 16.2. The van der Waals surface area contributed by atoms with Gasteiger partial charge in [-0.05, 0) is 24.3 Å². The van der Waals surface area contributed by atoms with Gasteiger partial charge in [0.05, 0.1) is 32.5 Å². The lowest BCUT2D eigenvalue weighted by Crippen LogP contribution is -2.48. The molecule has 1 fully saturated rings. The van der Waals surface area contributed by atoms with E-state index in [1.807, 2.05) is 12.1 Å². The summed E-state index contributed by atoms with van der Waals surface area (Å²) >= 11 is 0. The first-order valence-electron chi connectivity index (χ1n) is 9.34. The van der Waals surface area contributed by atoms with E-state index in [0.717, 1.165) is 31.6 Å². The third kappa shape index (κ3) is 3.41. The van der Waals surface area contributed by atoms with Gasteiger partial charge in [0.2, 0.25) is 0 Å². The van der Waals surface area contributed by atoms with Gasteiger partial charge in [0.25, 0.3) is 5.56 Å². The van der Waals surface area contributed by atoms with Crippen molar-refractivity contribution in [3.8, 4) is 11.5 Å². The standard InChI is InChI=1S/C21H24N4O3/c1-27-18-9-8-16-14-22-25(21(26)19(16)20(18)28-2)15-23-10-12-24(13-11-23)17-6-4-3-5-7-17/h3-9,14H,10-13,15H2,1-2H3. The number of anilines is 1. The predicted octanol–water partition coefficient (Wildman–Crippen LogP) is 2.19. The zero-order valence-corrected chi connectivity index (χ0v) is 16.2. The lowest BCUT2D eigenvalue weighted by atomic mass is 10.1. The number of hydrogen-bond donors (Lipinski definition) is 0. The van der Waals surface area contributed by atoms with Crippen LogP contribution in [0, 0.1) is 0 Å². The van der Waals surface area contributed by atoms with Crippen LogP contribution in [0.1, 0.15) is 0 Å². The van der Waals surface area contributed by atoms with Crippen LogP contribution in [0.15, 0.2) is 53.5 Å². The summed E-state index contributed by atoms with van der Waals surface area (Å²) < 4.78 is 12.3. The van der Waals surface area contributed by atoms with E-state index in [0.29, 0.717) is 23.6 Å². The molecule has 0 saturated carbocycles. The summed E-state index contributed by atoms with van der Waals surface area (Å²) in [7, 11) is 3.11. The van der Waals surface area contributed by atoms with Crippen LogP contribution in [-0.2, 0) is 6.67 Å². The molecule has 1 aliphatic heterocycles. The van der Waals surface area contributed by atoms with Gasteiger partial charge in [-0.3, -0.25) is 9.69 Å². The van der Waals surface area contributed by atoms with Crippen molar-refractivity contribution in [2.75, 3.05) is 45.3 Å². The van der Waals surface area contributed by atoms with E-state index in [1.165, 1.54) is 10.4 Å². The van der Waals surface area contributed by atoms with Crippen molar-refractivity contribution in [3.63, 3.8) is 0 Å². The number of rotatable bonds is 5. The van der Waals surface area contributed by atoms with Gasteiger partial charge >= 0.3 is 0 Å². The Labute approximate surface area is 163 Å². The summed E-state index contributed by atoms with van der Waals surface area (Å²) in [6.07, 6.45) is 1.71. The van der Waals surface area contributed by atoms with Crippen LogP contribution >= 0.6 is 0 Å². The third-order valence-corrected chi connectivity index (χ3v) is 5.19. The number of aromatic nitrogens is 2. The van der Waals surface area contributed by atoms with Crippen LogP contribution in [0.3, 0.4) is 0 Å². The number of piperazine rings is 1. The molecule has 1 saturated heterocycles. The SMILES string of the molecule is COc1ccc2cnn(CN3CCN(c4ccccc4)CC3)c(=O)c2c1OC. The number of benzene rings is 2. The maximum atomic E-state index is 13.1. The van der Waals surface area contributed by atoms with Crippen molar-refractivity contribution in [2.24, 2.45) is 0 Å². The second-order valence-corrected chi connectivity index (χ2v) is 6.80. The molecular formula is C21H24N4O3. The first-order chi connectivity index (χ1) is 13.7. The molecule has 0 amide bonds. The number of para-hydroxylation sites is 1. The molecule has 146 valence electrons. The number of hydrogen-bond acceptors (Lipinski definition) is 6. The second kappa shape index (κ2) is 7.90. The summed E-state index contributed by atoms with van der Waals surface area (Å²) in [5, 5.41) is 5.60. The van der Waals surface area contributed by atoms with Crippen LogP contribution in [0.25, 0.3) is 10.8 Å². The molecule has 0 radical (unpaired) electrons. The van der Waals surface area contributed by atoms with Gasteiger partial charge in [0.15, 0.2) is 11.5 Å². The average molecular weight is 380 g/mol. The lowest BCUT2D eigenvalue weighted by molar-refractivity contribution is 0.192. The van der Waals surface area contributed by atoms with Crippen molar-refractivity contribution < 1.29 is 9.47 Å². The fraction of sp³-hybridized carbons (Fsp3) is 0.333. The van der Waals surface area contributed by atoms with E-state index in [2.05, 4.69) is 39.2 Å². The van der Waals surface area contributed by atoms with Crippen molar-refractivity contribution in [1.29, 1.82) is 0 Å². The minimum Gasteiger partial charge on any atom is -0.493 e. The maximum absolute atomic E-state index is 13.1. The Morgan fingerprint density at radius 3 is 2.39 bits per heavy atom. The molecule has 0 N–H and O–H groups in total. The van der Waals surface area contributed by atoms with Crippen molar-refractivity contribution in [3.05, 3.63) is 59.0 Å². The van der Waals surface area contributed by atoms with Crippen molar-refractivity contribution in [2.45, 2.75) is 6.67 Å². The Morgan fingerprint density at radius 1 is 0.964 bits per heavy atom. The van der Waals surface area contributed by atoms with Crippen LogP contribution in [0.5, 0.6) is 11.5 Å². The van der Waals surface area contributed by atoms with E-state index in [1.54, 1.807) is 26.5 Å². The average Bonchev–Trinajstić information content (AvgIpc) is 2.76. The predicted molar refractivity (Wildman–Crippen MR) is 109 cm³/mol. The van der Waals surface area contributed by atoms with Crippen LogP contribution < -0.4 is 19.9 Å². The minimum absolute atomic E-state index is 0.168. The van der Waals surface area contributed by atoms with Crippen LogP contribution in [0.2, 0.25) is 0 Å². The van der Waals surface area contributed by atoms with E-state index >= 15 is 0 Å². The molecule has 0 unspecified atom stereocenters. The summed E-state index contributed by atoms with van der Waals surface area (Å²) in [6, 6.07) is 14.0. The molecule has 0 aliphatic carbocycles. The molecule has 0 bridgehead atoms. The largest absolute Gasteiger partial charge is 0.493 e. The fourth-order valence-electron chi connectivity index (χ4n) is 3.66. The number of nitrogens with zero attached hydrogens (tertiary/aromatic N) is 4. The monoisotopic (exact) mass is 380 g/mol. The first-order valence-corrected chi connectivity index (χ1v) is 9.34. The van der Waals surface area contributed by atoms with Gasteiger partial charge in [-0.15, -0.1) is 0 Å². The Balaban J connectivity index is 1.54. The molecule has 2 heterocycles. The highest BCUT2D eigenvalue weighted by atomic mass is 16.5. The number of ether oxygens (including phenoxy) is 2. The quantitative estimate of drug-likeness (QED) is 0.676. The zero-order chi connectivity index (χ0) is 19.5. The summed E-state index contributed by atoms with van der Waals surface area (Å²) in [5.41, 5.74) is 1.07. The molecule has 28 heavy (non-hydrogen) atoms. The Morgan fingerprint density at radius 2 is 1.71 bits per heavy atom. The highest BCUT2D eigenvalue weighted by Crippen LogP contribution is 2.32. The smallest absolute Gasteiger partial charge is 0.279 e. The van der Waals surface area contributed by atoms with Gasteiger partial charge in [0.1, 0.15) is 0 Å².